The molecule has 0 saturated heterocycles. The highest BCUT2D eigenvalue weighted by atomic mass is 16.5. The first kappa shape index (κ1) is 14.0. The van der Waals surface area contributed by atoms with Crippen LogP contribution in [0.15, 0.2) is 6.20 Å². The number of ether oxygens (including phenoxy) is 1. The molecule has 0 aliphatic carbocycles. The third-order valence-corrected chi connectivity index (χ3v) is 2.60. The Morgan fingerprint density at radius 3 is 3.10 bits per heavy atom. The molecule has 2 aromatic heterocycles. The number of fused-ring (bicyclic) bond motifs is 1. The van der Waals surface area contributed by atoms with Crippen molar-refractivity contribution in [3.8, 4) is 0 Å². The zero-order valence-corrected chi connectivity index (χ0v) is 11.1. The number of hydrogen-bond donors (Lipinski definition) is 4. The van der Waals surface area contributed by atoms with Gasteiger partial charge in [-0.15, -0.1) is 0 Å². The number of nitrogen functional groups attached to an aromatic ring is 1. The van der Waals surface area contributed by atoms with Crippen molar-refractivity contribution in [1.29, 1.82) is 0 Å². The molecule has 2 rings (SSSR count). The molecular weight excluding hydrogens is 262 g/mol. The minimum Gasteiger partial charge on any atom is -0.383 e. The maximum Gasteiger partial charge on any atom is 0.224 e. The van der Waals surface area contributed by atoms with Crippen molar-refractivity contribution in [2.75, 3.05) is 37.9 Å². The maximum atomic E-state index is 11.5. The lowest BCUT2D eigenvalue weighted by molar-refractivity contribution is -0.121. The predicted molar refractivity (Wildman–Crippen MR) is 74.1 cm³/mol. The second kappa shape index (κ2) is 6.66. The molecule has 2 aromatic rings. The molecule has 5 N–H and O–H groups in total. The van der Waals surface area contributed by atoms with E-state index in [0.717, 1.165) is 5.39 Å². The van der Waals surface area contributed by atoms with Gasteiger partial charge in [-0.2, -0.15) is 15.1 Å². The van der Waals surface area contributed by atoms with Gasteiger partial charge in [0, 0.05) is 26.6 Å². The van der Waals surface area contributed by atoms with Crippen LogP contribution in [0.25, 0.3) is 11.0 Å². The summed E-state index contributed by atoms with van der Waals surface area (Å²) in [5, 5.41) is 13.1. The predicted octanol–water partition coefficient (Wildman–Crippen LogP) is -0.500. The van der Waals surface area contributed by atoms with E-state index in [2.05, 4.69) is 30.8 Å². The molecule has 1 amide bonds. The molecule has 9 nitrogen and oxygen atoms in total. The first-order valence-corrected chi connectivity index (χ1v) is 6.17. The minimum atomic E-state index is -0.0555. The van der Waals surface area contributed by atoms with Crippen LogP contribution in [0.2, 0.25) is 0 Å². The Balaban J connectivity index is 1.86. The van der Waals surface area contributed by atoms with Crippen molar-refractivity contribution < 1.29 is 9.53 Å². The second-order valence-electron chi connectivity index (χ2n) is 4.08. The van der Waals surface area contributed by atoms with E-state index in [1.807, 2.05) is 0 Å². The molecule has 0 aliphatic rings. The lowest BCUT2D eigenvalue weighted by Crippen LogP contribution is -2.28. The van der Waals surface area contributed by atoms with Gasteiger partial charge in [0.1, 0.15) is 5.82 Å². The molecule has 0 atom stereocenters. The number of H-pyrrole nitrogens is 1. The van der Waals surface area contributed by atoms with E-state index < -0.39 is 0 Å². The normalized spacial score (nSPS) is 10.7. The fourth-order valence-corrected chi connectivity index (χ4v) is 1.66. The Labute approximate surface area is 115 Å². The minimum absolute atomic E-state index is 0.0555. The Morgan fingerprint density at radius 1 is 1.45 bits per heavy atom. The summed E-state index contributed by atoms with van der Waals surface area (Å²) in [5.41, 5.74) is 6.15. The maximum absolute atomic E-state index is 11.5. The van der Waals surface area contributed by atoms with Crippen molar-refractivity contribution in [3.05, 3.63) is 6.20 Å². The summed E-state index contributed by atoms with van der Waals surface area (Å²) < 4.78 is 4.85. The number of nitrogens with two attached hydrogens (primary N) is 1. The van der Waals surface area contributed by atoms with Crippen molar-refractivity contribution in [1.82, 2.24) is 25.5 Å². The fraction of sp³-hybridized carbons (Fsp3) is 0.455. The monoisotopic (exact) mass is 279 g/mol. The summed E-state index contributed by atoms with van der Waals surface area (Å²) in [4.78, 5) is 19.6. The molecule has 20 heavy (non-hydrogen) atoms. The number of rotatable bonds is 7. The number of anilines is 2. The van der Waals surface area contributed by atoms with E-state index in [-0.39, 0.29) is 11.9 Å². The summed E-state index contributed by atoms with van der Waals surface area (Å²) in [7, 11) is 1.59. The average Bonchev–Trinajstić information content (AvgIpc) is 2.87. The van der Waals surface area contributed by atoms with Gasteiger partial charge in [-0.05, 0) is 0 Å². The number of carbonyl (C=O) groups is 1. The molecule has 0 bridgehead atoms. The van der Waals surface area contributed by atoms with Gasteiger partial charge in [-0.1, -0.05) is 0 Å². The lowest BCUT2D eigenvalue weighted by Gasteiger charge is -2.07. The molecule has 0 saturated carbocycles. The SMILES string of the molecule is COCCNC(=O)CCNc1nc(N)nc2[nH]ncc12. The quantitative estimate of drug-likeness (QED) is 0.502. The summed E-state index contributed by atoms with van der Waals surface area (Å²) in [6.07, 6.45) is 1.93. The molecule has 0 fully saturated rings. The van der Waals surface area contributed by atoms with E-state index in [0.29, 0.717) is 37.6 Å². The van der Waals surface area contributed by atoms with Crippen LogP contribution in [-0.2, 0) is 9.53 Å². The fourth-order valence-electron chi connectivity index (χ4n) is 1.66. The van der Waals surface area contributed by atoms with Crippen LogP contribution >= 0.6 is 0 Å². The standard InChI is InChI=1S/C11H17N7O2/c1-20-5-4-13-8(19)2-3-14-9-7-6-15-18-10(7)17-11(12)16-9/h6H,2-5H2,1H3,(H,13,19)(H4,12,14,15,16,17,18). The smallest absolute Gasteiger partial charge is 0.224 e. The van der Waals surface area contributed by atoms with Gasteiger partial charge in [-0.3, -0.25) is 9.89 Å². The third kappa shape index (κ3) is 3.54. The highest BCUT2D eigenvalue weighted by Gasteiger charge is 2.08. The van der Waals surface area contributed by atoms with Crippen LogP contribution in [0.1, 0.15) is 6.42 Å². The Bertz CT molecular complexity index is 583. The summed E-state index contributed by atoms with van der Waals surface area (Å²) in [6, 6.07) is 0. The van der Waals surface area contributed by atoms with Crippen molar-refractivity contribution >= 4 is 28.7 Å². The van der Waals surface area contributed by atoms with E-state index in [1.165, 1.54) is 0 Å². The van der Waals surface area contributed by atoms with Gasteiger partial charge in [0.2, 0.25) is 11.9 Å². The van der Waals surface area contributed by atoms with Gasteiger partial charge in [0.25, 0.3) is 0 Å². The summed E-state index contributed by atoms with van der Waals surface area (Å²) in [5.74, 6) is 0.653. The molecule has 0 aliphatic heterocycles. The lowest BCUT2D eigenvalue weighted by atomic mass is 10.3. The number of methoxy groups -OCH3 is 1. The molecular formula is C11H17N7O2. The average molecular weight is 279 g/mol. The molecule has 0 spiro atoms. The van der Waals surface area contributed by atoms with Crippen LogP contribution in [0.3, 0.4) is 0 Å². The summed E-state index contributed by atoms with van der Waals surface area (Å²) in [6.45, 7) is 1.44. The van der Waals surface area contributed by atoms with Crippen LogP contribution in [-0.4, -0.2) is 52.9 Å². The van der Waals surface area contributed by atoms with E-state index in [9.17, 15) is 4.79 Å². The summed E-state index contributed by atoms with van der Waals surface area (Å²) >= 11 is 0. The first-order chi connectivity index (χ1) is 9.70. The van der Waals surface area contributed by atoms with Gasteiger partial charge in [-0.25, -0.2) is 0 Å². The van der Waals surface area contributed by atoms with Crippen LogP contribution in [0, 0.1) is 0 Å². The molecule has 2 heterocycles. The number of aromatic nitrogens is 4. The van der Waals surface area contributed by atoms with Crippen LogP contribution in [0.5, 0.6) is 0 Å². The number of amides is 1. The highest BCUT2D eigenvalue weighted by molar-refractivity contribution is 5.87. The molecule has 0 aromatic carbocycles. The highest BCUT2D eigenvalue weighted by Crippen LogP contribution is 2.18. The topological polar surface area (TPSA) is 131 Å². The van der Waals surface area contributed by atoms with Crippen LogP contribution < -0.4 is 16.4 Å². The number of hydrogen-bond acceptors (Lipinski definition) is 7. The van der Waals surface area contributed by atoms with Gasteiger partial charge >= 0.3 is 0 Å². The molecule has 108 valence electrons. The number of carbonyl (C=O) groups excluding carboxylic acids is 1. The Morgan fingerprint density at radius 2 is 2.30 bits per heavy atom. The van der Waals surface area contributed by atoms with Crippen LogP contribution in [0.4, 0.5) is 11.8 Å². The van der Waals surface area contributed by atoms with Gasteiger partial charge < -0.3 is 21.1 Å². The van der Waals surface area contributed by atoms with E-state index in [4.69, 9.17) is 10.5 Å². The largest absolute Gasteiger partial charge is 0.383 e. The Hall–Kier alpha value is -2.42. The second-order valence-corrected chi connectivity index (χ2v) is 4.08. The zero-order valence-electron chi connectivity index (χ0n) is 11.1. The number of nitrogens with one attached hydrogen (secondary N) is 3. The van der Waals surface area contributed by atoms with Crippen molar-refractivity contribution in [2.24, 2.45) is 0 Å². The van der Waals surface area contributed by atoms with E-state index in [1.54, 1.807) is 13.3 Å². The number of aromatic amines is 1. The first-order valence-electron chi connectivity index (χ1n) is 6.17. The van der Waals surface area contributed by atoms with Gasteiger partial charge in [0.15, 0.2) is 5.65 Å². The van der Waals surface area contributed by atoms with Gasteiger partial charge in [0.05, 0.1) is 18.2 Å². The van der Waals surface area contributed by atoms with E-state index >= 15 is 0 Å². The molecule has 0 unspecified atom stereocenters. The third-order valence-electron chi connectivity index (χ3n) is 2.60. The zero-order chi connectivity index (χ0) is 14.4. The number of nitrogens with zero attached hydrogens (tertiary/aromatic N) is 3. The Kier molecular flexibility index (Phi) is 4.66. The van der Waals surface area contributed by atoms with Crippen molar-refractivity contribution in [2.45, 2.75) is 6.42 Å². The van der Waals surface area contributed by atoms with Crippen molar-refractivity contribution in [3.63, 3.8) is 0 Å². The molecule has 9 heteroatoms. The molecule has 0 radical (unpaired) electrons.